The lowest BCUT2D eigenvalue weighted by atomic mass is 10.2. The van der Waals surface area contributed by atoms with Gasteiger partial charge in [-0.3, -0.25) is 28.9 Å². The van der Waals surface area contributed by atoms with Crippen LogP contribution in [-0.4, -0.2) is 123 Å². The minimum absolute atomic E-state index is 0.0117. The smallest absolute Gasteiger partial charge is 0.238 e. The van der Waals surface area contributed by atoms with E-state index in [1.54, 1.807) is 0 Å². The predicted molar refractivity (Wildman–Crippen MR) is 200 cm³/mol. The Bertz CT molecular complexity index is 980. The molecule has 0 rings (SSSR count). The monoisotopic (exact) mass is 709 g/mol. The SMILES string of the molecule is CC/C=C\CCC(=O)NCCCCN(CCCNC(=O)CC/C=C\CC)C(=O)CN(CCCNC(=O)[C@@H](N)CN)CCCNC(=O)[C@@H](N)CN. The highest BCUT2D eigenvalue weighted by molar-refractivity contribution is 5.82. The fourth-order valence-electron chi connectivity index (χ4n) is 4.76. The molecular weight excluding hydrogens is 640 g/mol. The van der Waals surface area contributed by atoms with E-state index in [4.69, 9.17) is 22.9 Å². The van der Waals surface area contributed by atoms with Gasteiger partial charge in [0.05, 0.1) is 18.6 Å². The van der Waals surface area contributed by atoms with Crippen molar-refractivity contribution in [2.24, 2.45) is 22.9 Å². The second-order valence-electron chi connectivity index (χ2n) is 12.2. The largest absolute Gasteiger partial charge is 0.356 e. The number of nitrogens with zero attached hydrogens (tertiary/aromatic N) is 2. The molecule has 0 spiro atoms. The summed E-state index contributed by atoms with van der Waals surface area (Å²) in [5.41, 5.74) is 22.4. The lowest BCUT2D eigenvalue weighted by Crippen LogP contribution is -2.47. The summed E-state index contributed by atoms with van der Waals surface area (Å²) >= 11 is 0. The molecule has 0 aliphatic carbocycles. The van der Waals surface area contributed by atoms with E-state index in [9.17, 15) is 24.0 Å². The summed E-state index contributed by atoms with van der Waals surface area (Å²) in [7, 11) is 0. The minimum atomic E-state index is -0.774. The number of hydrogen-bond acceptors (Lipinski definition) is 10. The van der Waals surface area contributed by atoms with Crippen LogP contribution in [0.1, 0.15) is 84.5 Å². The fraction of sp³-hybridized carbons (Fsp3) is 0.743. The first-order chi connectivity index (χ1) is 24.1. The van der Waals surface area contributed by atoms with Crippen molar-refractivity contribution in [3.05, 3.63) is 24.3 Å². The predicted octanol–water partition coefficient (Wildman–Crippen LogP) is -0.403. The molecule has 0 aromatic carbocycles. The maximum absolute atomic E-state index is 13.7. The number of hydrogen-bond donors (Lipinski definition) is 8. The zero-order valence-electron chi connectivity index (χ0n) is 30.8. The number of unbranched alkanes of at least 4 members (excludes halogenated alkanes) is 1. The molecule has 0 aliphatic heterocycles. The number of rotatable bonds is 31. The van der Waals surface area contributed by atoms with E-state index in [0.29, 0.717) is 104 Å². The normalized spacial score (nSPS) is 12.6. The Morgan fingerprint density at radius 1 is 0.580 bits per heavy atom. The van der Waals surface area contributed by atoms with Crippen molar-refractivity contribution in [2.75, 3.05) is 72.0 Å². The number of nitrogens with two attached hydrogens (primary N) is 4. The molecule has 0 bridgehead atoms. The van der Waals surface area contributed by atoms with Crippen molar-refractivity contribution in [1.82, 2.24) is 31.1 Å². The van der Waals surface area contributed by atoms with Gasteiger partial charge in [0, 0.05) is 78.3 Å². The number of allylic oxidation sites excluding steroid dienone is 4. The first kappa shape index (κ1) is 46.6. The van der Waals surface area contributed by atoms with Crippen LogP contribution < -0.4 is 44.2 Å². The number of carbonyl (C=O) groups is 5. The van der Waals surface area contributed by atoms with E-state index in [-0.39, 0.29) is 49.2 Å². The molecule has 0 saturated carbocycles. The van der Waals surface area contributed by atoms with Gasteiger partial charge in [-0.25, -0.2) is 0 Å². The third kappa shape index (κ3) is 25.6. The average Bonchev–Trinajstić information content (AvgIpc) is 3.11. The highest BCUT2D eigenvalue weighted by Crippen LogP contribution is 2.03. The molecule has 288 valence electrons. The highest BCUT2D eigenvalue weighted by atomic mass is 16.2. The van der Waals surface area contributed by atoms with Gasteiger partial charge >= 0.3 is 0 Å². The second-order valence-corrected chi connectivity index (χ2v) is 12.2. The van der Waals surface area contributed by atoms with Gasteiger partial charge in [0.1, 0.15) is 0 Å². The van der Waals surface area contributed by atoms with E-state index in [2.05, 4.69) is 28.2 Å². The Labute approximate surface area is 300 Å². The van der Waals surface area contributed by atoms with Gasteiger partial charge in [0.15, 0.2) is 0 Å². The van der Waals surface area contributed by atoms with Crippen LogP contribution in [0.3, 0.4) is 0 Å². The summed E-state index contributed by atoms with van der Waals surface area (Å²) in [4.78, 5) is 65.9. The molecule has 0 aliphatic rings. The van der Waals surface area contributed by atoms with Crippen molar-refractivity contribution < 1.29 is 24.0 Å². The molecule has 0 fully saturated rings. The molecule has 50 heavy (non-hydrogen) atoms. The van der Waals surface area contributed by atoms with Gasteiger partial charge in [0.2, 0.25) is 29.5 Å². The number of carbonyl (C=O) groups excluding carboxylic acids is 5. The van der Waals surface area contributed by atoms with Crippen molar-refractivity contribution in [3.63, 3.8) is 0 Å². The van der Waals surface area contributed by atoms with Crippen molar-refractivity contribution >= 4 is 29.5 Å². The van der Waals surface area contributed by atoms with Crippen molar-refractivity contribution in [2.45, 2.75) is 96.6 Å². The van der Waals surface area contributed by atoms with E-state index >= 15 is 0 Å². The first-order valence-electron chi connectivity index (χ1n) is 18.4. The number of nitrogens with one attached hydrogen (secondary N) is 4. The first-order valence-corrected chi connectivity index (χ1v) is 18.4. The second kappa shape index (κ2) is 31.6. The molecule has 0 unspecified atom stereocenters. The van der Waals surface area contributed by atoms with Crippen molar-refractivity contribution in [1.29, 1.82) is 0 Å². The molecule has 0 radical (unpaired) electrons. The summed E-state index contributed by atoms with van der Waals surface area (Å²) < 4.78 is 0. The summed E-state index contributed by atoms with van der Waals surface area (Å²) in [6.07, 6.45) is 15.5. The highest BCUT2D eigenvalue weighted by Gasteiger charge is 2.18. The third-order valence-corrected chi connectivity index (χ3v) is 7.78. The van der Waals surface area contributed by atoms with Crippen LogP contribution in [0.15, 0.2) is 24.3 Å². The Morgan fingerprint density at radius 2 is 1.00 bits per heavy atom. The van der Waals surface area contributed by atoms with E-state index in [1.807, 2.05) is 41.0 Å². The molecule has 15 heteroatoms. The van der Waals surface area contributed by atoms with Gasteiger partial charge < -0.3 is 49.1 Å². The Morgan fingerprint density at radius 3 is 1.46 bits per heavy atom. The Balaban J connectivity index is 5.27. The Kier molecular flexibility index (Phi) is 29.5. The maximum Gasteiger partial charge on any atom is 0.238 e. The fourth-order valence-corrected chi connectivity index (χ4v) is 4.76. The van der Waals surface area contributed by atoms with Gasteiger partial charge in [0.25, 0.3) is 0 Å². The van der Waals surface area contributed by atoms with E-state index in [0.717, 1.165) is 19.3 Å². The maximum atomic E-state index is 13.7. The average molecular weight is 709 g/mol. The van der Waals surface area contributed by atoms with Gasteiger partial charge in [-0.2, -0.15) is 0 Å². The minimum Gasteiger partial charge on any atom is -0.356 e. The van der Waals surface area contributed by atoms with E-state index < -0.39 is 12.1 Å². The molecule has 0 aromatic heterocycles. The van der Waals surface area contributed by atoms with Crippen LogP contribution in [-0.2, 0) is 24.0 Å². The molecule has 0 saturated heterocycles. The van der Waals surface area contributed by atoms with Gasteiger partial charge in [-0.1, -0.05) is 38.2 Å². The molecule has 5 amide bonds. The van der Waals surface area contributed by atoms with Crippen LogP contribution in [0.5, 0.6) is 0 Å². The van der Waals surface area contributed by atoms with Crippen LogP contribution >= 0.6 is 0 Å². The van der Waals surface area contributed by atoms with Gasteiger partial charge in [-0.05, 0) is 57.8 Å². The van der Waals surface area contributed by atoms with Crippen molar-refractivity contribution in [3.8, 4) is 0 Å². The zero-order chi connectivity index (χ0) is 37.4. The summed E-state index contributed by atoms with van der Waals surface area (Å²) in [5, 5.41) is 11.4. The molecule has 12 N–H and O–H groups in total. The van der Waals surface area contributed by atoms with Crippen LogP contribution in [0.4, 0.5) is 0 Å². The molecule has 0 heterocycles. The van der Waals surface area contributed by atoms with Crippen LogP contribution in [0.2, 0.25) is 0 Å². The molecular formula is C35H68N10O5. The molecule has 2 atom stereocenters. The topological polar surface area (TPSA) is 244 Å². The number of amides is 5. The quantitative estimate of drug-likeness (QED) is 0.0342. The van der Waals surface area contributed by atoms with Crippen LogP contribution in [0, 0.1) is 0 Å². The molecule has 0 aromatic rings. The summed E-state index contributed by atoms with van der Waals surface area (Å²) in [6, 6.07) is -1.55. The lowest BCUT2D eigenvalue weighted by Gasteiger charge is -2.28. The zero-order valence-corrected chi connectivity index (χ0v) is 30.8. The van der Waals surface area contributed by atoms with Gasteiger partial charge in [-0.15, -0.1) is 0 Å². The van der Waals surface area contributed by atoms with E-state index in [1.165, 1.54) is 0 Å². The molecule has 15 nitrogen and oxygen atoms in total. The third-order valence-electron chi connectivity index (χ3n) is 7.78. The summed E-state index contributed by atoms with van der Waals surface area (Å²) in [6.45, 7) is 8.11. The Hall–Kier alpha value is -3.37. The van der Waals surface area contributed by atoms with Crippen LogP contribution in [0.25, 0.3) is 0 Å². The lowest BCUT2D eigenvalue weighted by molar-refractivity contribution is -0.133. The standard InChI is InChI=1S/C35H68N10O5/c1-3-5-7-9-16-31(46)40-18-11-12-24-45(25-15-19-41-32(47)17-10-8-6-4-2)33(48)28-44(22-13-20-42-34(49)29(38)26-36)23-14-21-43-35(50)30(39)27-37/h5-8,29-30H,3-4,9-28,36-39H2,1-2H3,(H,40,46)(H,41,47)(H,42,49)(H,43,50)/b7-5-,8-6-/t29-,30-/m0/s1. The summed E-state index contributed by atoms with van der Waals surface area (Å²) in [5.74, 6) is -0.716.